The second-order valence-electron chi connectivity index (χ2n) is 3.35. The summed E-state index contributed by atoms with van der Waals surface area (Å²) in [4.78, 5) is 7.95. The summed E-state index contributed by atoms with van der Waals surface area (Å²) in [6.45, 7) is 3.99. The molecule has 5 nitrogen and oxygen atoms in total. The third-order valence-corrected chi connectivity index (χ3v) is 1.79. The van der Waals surface area contributed by atoms with Crippen molar-refractivity contribution in [1.82, 2.24) is 9.97 Å². The fraction of sp³-hybridized carbons (Fsp3) is 0.600. The normalized spacial score (nSPS) is 12.9. The molecule has 84 valence electrons. The average molecular weight is 212 g/mol. The molecular weight excluding hydrogens is 196 g/mol. The van der Waals surface area contributed by atoms with Gasteiger partial charge in [0, 0.05) is 12.4 Å². The Bertz CT molecular complexity index is 304. The molecule has 0 saturated carbocycles. The van der Waals surface area contributed by atoms with E-state index in [4.69, 9.17) is 9.47 Å². The molecule has 0 spiro atoms. The lowest BCUT2D eigenvalue weighted by Crippen LogP contribution is -2.14. The molecule has 0 saturated heterocycles. The standard InChI is InChI=1S/C10H16N2O3/c1-7(2)15-6-8(13)9-10(14-3)12-5-4-11-9/h4-5,7-8,13H,6H2,1-3H3. The van der Waals surface area contributed by atoms with Crippen molar-refractivity contribution >= 4 is 0 Å². The Balaban J connectivity index is 2.68. The largest absolute Gasteiger partial charge is 0.480 e. The lowest BCUT2D eigenvalue weighted by molar-refractivity contribution is 0.00209. The Labute approximate surface area is 89.1 Å². The van der Waals surface area contributed by atoms with E-state index in [1.54, 1.807) is 0 Å². The summed E-state index contributed by atoms with van der Waals surface area (Å²) in [5, 5.41) is 9.77. The van der Waals surface area contributed by atoms with Gasteiger partial charge in [0.2, 0.25) is 5.88 Å². The third-order valence-electron chi connectivity index (χ3n) is 1.79. The molecule has 1 aromatic rings. The minimum atomic E-state index is -0.809. The van der Waals surface area contributed by atoms with Gasteiger partial charge in [-0.25, -0.2) is 4.98 Å². The van der Waals surface area contributed by atoms with Crippen LogP contribution in [0.15, 0.2) is 12.4 Å². The zero-order valence-corrected chi connectivity index (χ0v) is 9.17. The first-order valence-electron chi connectivity index (χ1n) is 4.79. The zero-order chi connectivity index (χ0) is 11.3. The molecule has 1 rings (SSSR count). The van der Waals surface area contributed by atoms with Gasteiger partial charge in [0.1, 0.15) is 11.8 Å². The topological polar surface area (TPSA) is 64.5 Å². The molecule has 0 aliphatic rings. The summed E-state index contributed by atoms with van der Waals surface area (Å²) in [7, 11) is 1.49. The van der Waals surface area contributed by atoms with Crippen LogP contribution in [0.4, 0.5) is 0 Å². The van der Waals surface area contributed by atoms with Crippen molar-refractivity contribution in [3.05, 3.63) is 18.1 Å². The molecule has 1 N–H and O–H groups in total. The van der Waals surface area contributed by atoms with Crippen LogP contribution in [0.1, 0.15) is 25.6 Å². The first-order valence-corrected chi connectivity index (χ1v) is 4.79. The van der Waals surface area contributed by atoms with E-state index < -0.39 is 6.10 Å². The highest BCUT2D eigenvalue weighted by Crippen LogP contribution is 2.19. The van der Waals surface area contributed by atoms with Crippen molar-refractivity contribution in [2.45, 2.75) is 26.1 Å². The van der Waals surface area contributed by atoms with Gasteiger partial charge in [0.25, 0.3) is 0 Å². The van der Waals surface area contributed by atoms with Gasteiger partial charge in [-0.05, 0) is 13.8 Å². The number of aliphatic hydroxyl groups excluding tert-OH is 1. The number of rotatable bonds is 5. The zero-order valence-electron chi connectivity index (χ0n) is 9.17. The Morgan fingerprint density at radius 1 is 1.33 bits per heavy atom. The van der Waals surface area contributed by atoms with E-state index in [1.165, 1.54) is 19.5 Å². The van der Waals surface area contributed by atoms with Gasteiger partial charge in [0.15, 0.2) is 0 Å². The van der Waals surface area contributed by atoms with Gasteiger partial charge >= 0.3 is 0 Å². The van der Waals surface area contributed by atoms with Crippen LogP contribution in [0.2, 0.25) is 0 Å². The maximum Gasteiger partial charge on any atom is 0.238 e. The summed E-state index contributed by atoms with van der Waals surface area (Å²) in [6, 6.07) is 0. The maximum atomic E-state index is 9.77. The molecule has 0 radical (unpaired) electrons. The summed E-state index contributed by atoms with van der Waals surface area (Å²) in [6.07, 6.45) is 2.28. The van der Waals surface area contributed by atoms with Crippen LogP contribution >= 0.6 is 0 Å². The molecule has 15 heavy (non-hydrogen) atoms. The molecule has 0 aliphatic carbocycles. The molecule has 0 aromatic carbocycles. The van der Waals surface area contributed by atoms with Gasteiger partial charge < -0.3 is 14.6 Å². The lowest BCUT2D eigenvalue weighted by atomic mass is 10.2. The average Bonchev–Trinajstić information content (AvgIpc) is 2.25. The first kappa shape index (κ1) is 11.9. The highest BCUT2D eigenvalue weighted by Gasteiger charge is 2.16. The first-order chi connectivity index (χ1) is 7.15. The van der Waals surface area contributed by atoms with Crippen LogP contribution in [0.25, 0.3) is 0 Å². The minimum Gasteiger partial charge on any atom is -0.480 e. The third kappa shape index (κ3) is 3.45. The maximum absolute atomic E-state index is 9.77. The van der Waals surface area contributed by atoms with Gasteiger partial charge in [-0.15, -0.1) is 0 Å². The second-order valence-corrected chi connectivity index (χ2v) is 3.35. The quantitative estimate of drug-likeness (QED) is 0.787. The molecule has 1 heterocycles. The number of ether oxygens (including phenoxy) is 2. The van der Waals surface area contributed by atoms with E-state index in [0.29, 0.717) is 11.6 Å². The van der Waals surface area contributed by atoms with Gasteiger partial charge in [-0.2, -0.15) is 0 Å². The number of aromatic nitrogens is 2. The molecule has 1 atom stereocenters. The Kier molecular flexibility index (Phi) is 4.45. The summed E-state index contributed by atoms with van der Waals surface area (Å²) in [5.41, 5.74) is 0.403. The molecular formula is C10H16N2O3. The number of aliphatic hydroxyl groups is 1. The van der Waals surface area contributed by atoms with Gasteiger partial charge in [-0.1, -0.05) is 0 Å². The highest BCUT2D eigenvalue weighted by atomic mass is 16.5. The molecule has 1 aromatic heterocycles. The summed E-state index contributed by atoms with van der Waals surface area (Å²) >= 11 is 0. The van der Waals surface area contributed by atoms with E-state index in [1.807, 2.05) is 13.8 Å². The smallest absolute Gasteiger partial charge is 0.238 e. The van der Waals surface area contributed by atoms with Gasteiger partial charge in [0.05, 0.1) is 19.8 Å². The number of hydrogen-bond donors (Lipinski definition) is 1. The predicted octanol–water partition coefficient (Wildman–Crippen LogP) is 0.944. The van der Waals surface area contributed by atoms with E-state index in [9.17, 15) is 5.11 Å². The van der Waals surface area contributed by atoms with Crippen LogP contribution in [0.3, 0.4) is 0 Å². The fourth-order valence-electron chi connectivity index (χ4n) is 1.08. The van der Waals surface area contributed by atoms with Crippen molar-refractivity contribution < 1.29 is 14.6 Å². The van der Waals surface area contributed by atoms with E-state index in [-0.39, 0.29) is 12.7 Å². The van der Waals surface area contributed by atoms with Crippen LogP contribution in [0, 0.1) is 0 Å². The number of nitrogens with zero attached hydrogens (tertiary/aromatic N) is 2. The van der Waals surface area contributed by atoms with Crippen molar-refractivity contribution in [2.75, 3.05) is 13.7 Å². The molecule has 0 fully saturated rings. The Morgan fingerprint density at radius 3 is 2.60 bits per heavy atom. The lowest BCUT2D eigenvalue weighted by Gasteiger charge is -2.14. The molecule has 5 heteroatoms. The number of hydrogen-bond acceptors (Lipinski definition) is 5. The van der Waals surface area contributed by atoms with Crippen LogP contribution in [0.5, 0.6) is 5.88 Å². The Hall–Kier alpha value is -1.20. The Morgan fingerprint density at radius 2 is 2.00 bits per heavy atom. The SMILES string of the molecule is COc1nccnc1C(O)COC(C)C. The monoisotopic (exact) mass is 212 g/mol. The van der Waals surface area contributed by atoms with Crippen molar-refractivity contribution in [2.24, 2.45) is 0 Å². The minimum absolute atomic E-state index is 0.0716. The van der Waals surface area contributed by atoms with E-state index in [0.717, 1.165) is 0 Å². The second kappa shape index (κ2) is 5.63. The van der Waals surface area contributed by atoms with Crippen molar-refractivity contribution in [1.29, 1.82) is 0 Å². The van der Waals surface area contributed by atoms with Crippen molar-refractivity contribution in [3.8, 4) is 5.88 Å². The summed E-state index contributed by atoms with van der Waals surface area (Å²) < 4.78 is 10.3. The van der Waals surface area contributed by atoms with E-state index >= 15 is 0 Å². The van der Waals surface area contributed by atoms with E-state index in [2.05, 4.69) is 9.97 Å². The number of methoxy groups -OCH3 is 1. The van der Waals surface area contributed by atoms with Gasteiger partial charge in [-0.3, -0.25) is 4.98 Å². The molecule has 0 bridgehead atoms. The fourth-order valence-corrected chi connectivity index (χ4v) is 1.08. The highest BCUT2D eigenvalue weighted by molar-refractivity contribution is 5.19. The molecule has 0 aliphatic heterocycles. The van der Waals surface area contributed by atoms with Crippen molar-refractivity contribution in [3.63, 3.8) is 0 Å². The van der Waals surface area contributed by atoms with Crippen LogP contribution in [-0.4, -0.2) is 34.9 Å². The molecule has 1 unspecified atom stereocenters. The van der Waals surface area contributed by atoms with Crippen LogP contribution < -0.4 is 4.74 Å². The molecule has 0 amide bonds. The summed E-state index contributed by atoms with van der Waals surface area (Å²) in [5.74, 6) is 0.331. The van der Waals surface area contributed by atoms with Crippen LogP contribution in [-0.2, 0) is 4.74 Å². The predicted molar refractivity (Wildman–Crippen MR) is 54.6 cm³/mol.